The predicted molar refractivity (Wildman–Crippen MR) is 72.3 cm³/mol. The van der Waals surface area contributed by atoms with E-state index in [9.17, 15) is 0 Å². The van der Waals surface area contributed by atoms with E-state index in [0.29, 0.717) is 13.2 Å². The van der Waals surface area contributed by atoms with Crippen molar-refractivity contribution in [3.8, 4) is 11.5 Å². The summed E-state index contributed by atoms with van der Waals surface area (Å²) in [6.07, 6.45) is -0.00721. The number of hydrogen-bond donors (Lipinski definition) is 1. The van der Waals surface area contributed by atoms with Crippen molar-refractivity contribution in [3.05, 3.63) is 23.8 Å². The Hall–Kier alpha value is -1.26. The van der Waals surface area contributed by atoms with E-state index in [4.69, 9.17) is 14.2 Å². The van der Waals surface area contributed by atoms with E-state index >= 15 is 0 Å². The van der Waals surface area contributed by atoms with Crippen LogP contribution in [0.15, 0.2) is 18.2 Å². The third-order valence-electron chi connectivity index (χ3n) is 2.45. The van der Waals surface area contributed by atoms with Crippen molar-refractivity contribution >= 4 is 0 Å². The molecule has 0 aliphatic carbocycles. The summed E-state index contributed by atoms with van der Waals surface area (Å²) >= 11 is 0. The molecule has 4 nitrogen and oxygen atoms in total. The van der Waals surface area contributed by atoms with Crippen LogP contribution in [0.3, 0.4) is 0 Å². The number of para-hydroxylation sites is 1. The standard InChI is InChI=1S/C14H23NO3/c1-5-17-13-8-6-7-12(9-15-3)14(13)18-11(2)10-16-4/h6-8,11,15H,5,9-10H2,1-4H3. The molecule has 0 amide bonds. The van der Waals surface area contributed by atoms with Gasteiger partial charge in [-0.05, 0) is 27.0 Å². The van der Waals surface area contributed by atoms with E-state index in [1.165, 1.54) is 0 Å². The molecule has 0 aliphatic rings. The van der Waals surface area contributed by atoms with Gasteiger partial charge in [-0.2, -0.15) is 0 Å². The van der Waals surface area contributed by atoms with Gasteiger partial charge < -0.3 is 19.5 Å². The normalized spacial score (nSPS) is 12.2. The first-order valence-electron chi connectivity index (χ1n) is 6.27. The molecule has 1 rings (SSSR count). The van der Waals surface area contributed by atoms with Crippen LogP contribution >= 0.6 is 0 Å². The third kappa shape index (κ3) is 4.20. The summed E-state index contributed by atoms with van der Waals surface area (Å²) in [5.41, 5.74) is 1.09. The summed E-state index contributed by atoms with van der Waals surface area (Å²) in [6.45, 7) is 5.87. The Morgan fingerprint density at radius 2 is 2.11 bits per heavy atom. The van der Waals surface area contributed by atoms with Crippen LogP contribution in [0, 0.1) is 0 Å². The SMILES string of the molecule is CCOc1cccc(CNC)c1OC(C)COC. The second kappa shape index (κ2) is 7.95. The minimum atomic E-state index is -0.00721. The van der Waals surface area contributed by atoms with Crippen LogP contribution < -0.4 is 14.8 Å². The van der Waals surface area contributed by atoms with Gasteiger partial charge in [0.05, 0.1) is 13.2 Å². The van der Waals surface area contributed by atoms with E-state index < -0.39 is 0 Å². The molecule has 0 aliphatic heterocycles. The van der Waals surface area contributed by atoms with Crippen LogP contribution in [0.1, 0.15) is 19.4 Å². The van der Waals surface area contributed by atoms with Crippen molar-refractivity contribution in [2.24, 2.45) is 0 Å². The van der Waals surface area contributed by atoms with Crippen molar-refractivity contribution in [3.63, 3.8) is 0 Å². The van der Waals surface area contributed by atoms with Gasteiger partial charge in [0.25, 0.3) is 0 Å². The molecular weight excluding hydrogens is 230 g/mol. The molecule has 1 N–H and O–H groups in total. The molecule has 0 heterocycles. The number of benzene rings is 1. The minimum absolute atomic E-state index is 0.00721. The molecule has 1 atom stereocenters. The maximum absolute atomic E-state index is 5.93. The van der Waals surface area contributed by atoms with E-state index in [2.05, 4.69) is 5.32 Å². The molecule has 1 unspecified atom stereocenters. The van der Waals surface area contributed by atoms with E-state index in [1.54, 1.807) is 7.11 Å². The van der Waals surface area contributed by atoms with E-state index in [-0.39, 0.29) is 6.10 Å². The quantitative estimate of drug-likeness (QED) is 0.771. The van der Waals surface area contributed by atoms with E-state index in [1.807, 2.05) is 39.1 Å². The molecule has 0 fully saturated rings. The van der Waals surface area contributed by atoms with Crippen LogP contribution in [0.5, 0.6) is 11.5 Å². The summed E-state index contributed by atoms with van der Waals surface area (Å²) < 4.78 is 16.6. The van der Waals surface area contributed by atoms with Gasteiger partial charge in [-0.3, -0.25) is 0 Å². The summed E-state index contributed by atoms with van der Waals surface area (Å²) in [6, 6.07) is 5.94. The molecule has 0 aromatic heterocycles. The zero-order valence-electron chi connectivity index (χ0n) is 11.7. The molecular formula is C14H23NO3. The highest BCUT2D eigenvalue weighted by atomic mass is 16.5. The zero-order chi connectivity index (χ0) is 13.4. The van der Waals surface area contributed by atoms with E-state index in [0.717, 1.165) is 23.6 Å². The average Bonchev–Trinajstić information content (AvgIpc) is 2.34. The summed E-state index contributed by atoms with van der Waals surface area (Å²) in [5, 5.41) is 3.13. The second-order valence-corrected chi connectivity index (χ2v) is 4.09. The lowest BCUT2D eigenvalue weighted by atomic mass is 10.2. The molecule has 0 bridgehead atoms. The molecule has 0 saturated heterocycles. The highest BCUT2D eigenvalue weighted by Crippen LogP contribution is 2.32. The first kappa shape index (κ1) is 14.8. The molecule has 0 radical (unpaired) electrons. The Kier molecular flexibility index (Phi) is 6.54. The Labute approximate surface area is 109 Å². The molecule has 1 aromatic carbocycles. The van der Waals surface area contributed by atoms with Crippen LogP contribution in [0.25, 0.3) is 0 Å². The fraction of sp³-hybridized carbons (Fsp3) is 0.571. The highest BCUT2D eigenvalue weighted by Gasteiger charge is 2.13. The molecule has 102 valence electrons. The topological polar surface area (TPSA) is 39.7 Å². The summed E-state index contributed by atoms with van der Waals surface area (Å²) in [5.74, 6) is 1.59. The van der Waals surface area contributed by atoms with Gasteiger partial charge in [-0.1, -0.05) is 12.1 Å². The van der Waals surface area contributed by atoms with Crippen molar-refractivity contribution in [1.82, 2.24) is 5.32 Å². The van der Waals surface area contributed by atoms with Gasteiger partial charge in [0.15, 0.2) is 11.5 Å². The number of ether oxygens (including phenoxy) is 3. The van der Waals surface area contributed by atoms with Crippen LogP contribution in [-0.4, -0.2) is 33.5 Å². The lowest BCUT2D eigenvalue weighted by Crippen LogP contribution is -2.20. The smallest absolute Gasteiger partial charge is 0.166 e. The van der Waals surface area contributed by atoms with Gasteiger partial charge in [0.1, 0.15) is 6.10 Å². The van der Waals surface area contributed by atoms with Gasteiger partial charge in [0.2, 0.25) is 0 Å². The average molecular weight is 253 g/mol. The van der Waals surface area contributed by atoms with Gasteiger partial charge in [-0.15, -0.1) is 0 Å². The Balaban J connectivity index is 2.94. The number of rotatable bonds is 8. The number of hydrogen-bond acceptors (Lipinski definition) is 4. The lowest BCUT2D eigenvalue weighted by molar-refractivity contribution is 0.0886. The molecule has 0 spiro atoms. The second-order valence-electron chi connectivity index (χ2n) is 4.09. The molecule has 0 saturated carbocycles. The van der Waals surface area contributed by atoms with Gasteiger partial charge >= 0.3 is 0 Å². The van der Waals surface area contributed by atoms with Crippen molar-refractivity contribution in [2.75, 3.05) is 27.4 Å². The lowest BCUT2D eigenvalue weighted by Gasteiger charge is -2.19. The first-order chi connectivity index (χ1) is 8.72. The monoisotopic (exact) mass is 253 g/mol. The van der Waals surface area contributed by atoms with Gasteiger partial charge in [0, 0.05) is 19.2 Å². The highest BCUT2D eigenvalue weighted by molar-refractivity contribution is 5.46. The van der Waals surface area contributed by atoms with Crippen molar-refractivity contribution in [1.29, 1.82) is 0 Å². The maximum atomic E-state index is 5.93. The first-order valence-corrected chi connectivity index (χ1v) is 6.27. The predicted octanol–water partition coefficient (Wildman–Crippen LogP) is 2.22. The minimum Gasteiger partial charge on any atom is -0.490 e. The van der Waals surface area contributed by atoms with Crippen LogP contribution in [-0.2, 0) is 11.3 Å². The Morgan fingerprint density at radius 3 is 2.72 bits per heavy atom. The van der Waals surface area contributed by atoms with Crippen LogP contribution in [0.2, 0.25) is 0 Å². The summed E-state index contributed by atoms with van der Waals surface area (Å²) in [7, 11) is 3.58. The molecule has 4 heteroatoms. The summed E-state index contributed by atoms with van der Waals surface area (Å²) in [4.78, 5) is 0. The van der Waals surface area contributed by atoms with Crippen LogP contribution in [0.4, 0.5) is 0 Å². The van der Waals surface area contributed by atoms with Crippen molar-refractivity contribution in [2.45, 2.75) is 26.5 Å². The fourth-order valence-electron chi connectivity index (χ4n) is 1.76. The van der Waals surface area contributed by atoms with Crippen molar-refractivity contribution < 1.29 is 14.2 Å². The Morgan fingerprint density at radius 1 is 1.33 bits per heavy atom. The maximum Gasteiger partial charge on any atom is 0.166 e. The molecule has 1 aromatic rings. The molecule has 18 heavy (non-hydrogen) atoms. The number of nitrogens with one attached hydrogen (secondary N) is 1. The fourth-order valence-corrected chi connectivity index (χ4v) is 1.76. The third-order valence-corrected chi connectivity index (χ3v) is 2.45. The Bertz CT molecular complexity index is 331. The zero-order valence-corrected chi connectivity index (χ0v) is 11.7. The van der Waals surface area contributed by atoms with Gasteiger partial charge in [-0.25, -0.2) is 0 Å². The number of methoxy groups -OCH3 is 1. The largest absolute Gasteiger partial charge is 0.490 e.